The van der Waals surface area contributed by atoms with Crippen LogP contribution in [0.1, 0.15) is 23.0 Å². The molecular weight excluding hydrogens is 386 g/mol. The number of quaternary nitrogens is 1. The van der Waals surface area contributed by atoms with Crippen LogP contribution in [0.5, 0.6) is 23.0 Å². The third kappa shape index (κ3) is 2.77. The Bertz CT molecular complexity index is 1090. The van der Waals surface area contributed by atoms with E-state index < -0.39 is 0 Å². The van der Waals surface area contributed by atoms with E-state index in [-0.39, 0.29) is 12.8 Å². The number of hydrogen-bond donors (Lipinski definition) is 0. The summed E-state index contributed by atoms with van der Waals surface area (Å²) in [6.07, 6.45) is 0.899. The standard InChI is InChI=1S/C21H24N5O4/c1-26(2)10-9-13-11-16-19(30-12-29-16)20(28-4)17(13)18(26)21-22-23-24-25(21)14-5-7-15(27-3)8-6-14/h5-8,11,18H,9-10,12H2,1-4H3/q+1/t18-/m0/s1. The molecule has 0 bridgehead atoms. The molecule has 2 aromatic carbocycles. The van der Waals surface area contributed by atoms with Crippen LogP contribution in [-0.4, -0.2) is 66.3 Å². The number of likely N-dealkylation sites (N-methyl/N-ethyl adjacent to an activating group) is 1. The lowest BCUT2D eigenvalue weighted by atomic mass is 9.88. The lowest BCUT2D eigenvalue weighted by Gasteiger charge is -2.42. The molecule has 0 spiro atoms. The van der Waals surface area contributed by atoms with E-state index in [1.165, 1.54) is 5.56 Å². The van der Waals surface area contributed by atoms with E-state index in [1.807, 2.05) is 24.3 Å². The van der Waals surface area contributed by atoms with Crippen molar-refractivity contribution in [2.45, 2.75) is 12.5 Å². The minimum Gasteiger partial charge on any atom is -0.497 e. The Labute approximate surface area is 174 Å². The van der Waals surface area contributed by atoms with Crippen LogP contribution in [0.4, 0.5) is 0 Å². The molecule has 0 saturated heterocycles. The van der Waals surface area contributed by atoms with Crippen molar-refractivity contribution >= 4 is 0 Å². The largest absolute Gasteiger partial charge is 0.497 e. The average molecular weight is 410 g/mol. The fraction of sp³-hybridized carbons (Fsp3) is 0.381. The topological polar surface area (TPSA) is 80.5 Å². The van der Waals surface area contributed by atoms with Gasteiger partial charge >= 0.3 is 0 Å². The lowest BCUT2D eigenvalue weighted by molar-refractivity contribution is -0.917. The minimum atomic E-state index is -0.143. The van der Waals surface area contributed by atoms with Crippen LogP contribution >= 0.6 is 0 Å². The summed E-state index contributed by atoms with van der Waals surface area (Å²) in [5.41, 5.74) is 3.08. The maximum absolute atomic E-state index is 5.84. The molecule has 1 aromatic heterocycles. The second-order valence-electron chi connectivity index (χ2n) is 8.02. The summed E-state index contributed by atoms with van der Waals surface area (Å²) < 4.78 is 25.0. The quantitative estimate of drug-likeness (QED) is 0.610. The summed E-state index contributed by atoms with van der Waals surface area (Å²) in [6, 6.07) is 9.60. The number of rotatable bonds is 4. The Kier molecular flexibility index (Phi) is 4.28. The number of hydrogen-bond acceptors (Lipinski definition) is 7. The fourth-order valence-electron chi connectivity index (χ4n) is 4.39. The highest BCUT2D eigenvalue weighted by molar-refractivity contribution is 5.62. The first-order chi connectivity index (χ1) is 14.5. The maximum Gasteiger partial charge on any atom is 0.231 e. The van der Waals surface area contributed by atoms with Crippen LogP contribution in [0.3, 0.4) is 0 Å². The van der Waals surface area contributed by atoms with Crippen LogP contribution in [0.25, 0.3) is 5.69 Å². The molecule has 2 aliphatic rings. The molecule has 0 unspecified atom stereocenters. The smallest absolute Gasteiger partial charge is 0.231 e. The highest BCUT2D eigenvalue weighted by Gasteiger charge is 2.45. The number of ether oxygens (including phenoxy) is 4. The first-order valence-corrected chi connectivity index (χ1v) is 9.78. The van der Waals surface area contributed by atoms with Gasteiger partial charge in [0.05, 0.1) is 46.1 Å². The van der Waals surface area contributed by atoms with E-state index in [1.54, 1.807) is 18.9 Å². The molecule has 9 heteroatoms. The van der Waals surface area contributed by atoms with Gasteiger partial charge in [-0.15, -0.1) is 5.10 Å². The van der Waals surface area contributed by atoms with E-state index in [4.69, 9.17) is 18.9 Å². The van der Waals surface area contributed by atoms with Crippen molar-refractivity contribution in [3.05, 3.63) is 47.3 Å². The molecule has 0 N–H and O–H groups in total. The zero-order valence-electron chi connectivity index (χ0n) is 17.5. The van der Waals surface area contributed by atoms with Crippen molar-refractivity contribution in [1.29, 1.82) is 0 Å². The van der Waals surface area contributed by atoms with Crippen LogP contribution in [0, 0.1) is 0 Å². The predicted octanol–water partition coefficient (Wildman–Crippen LogP) is 2.13. The van der Waals surface area contributed by atoms with E-state index in [0.29, 0.717) is 16.0 Å². The van der Waals surface area contributed by atoms with Gasteiger partial charge in [-0.1, -0.05) is 0 Å². The molecule has 5 rings (SSSR count). The number of methoxy groups -OCH3 is 2. The van der Waals surface area contributed by atoms with Gasteiger partial charge in [-0.2, -0.15) is 4.68 Å². The zero-order chi connectivity index (χ0) is 20.9. The first kappa shape index (κ1) is 18.7. The van der Waals surface area contributed by atoms with E-state index in [0.717, 1.165) is 41.5 Å². The Morgan fingerprint density at radius 1 is 1.10 bits per heavy atom. The van der Waals surface area contributed by atoms with Gasteiger partial charge in [0.15, 0.2) is 17.5 Å². The normalized spacial score (nSPS) is 18.7. The molecule has 9 nitrogen and oxygen atoms in total. The fourth-order valence-corrected chi connectivity index (χ4v) is 4.39. The van der Waals surface area contributed by atoms with Gasteiger partial charge in [0, 0.05) is 6.42 Å². The Hall–Kier alpha value is -3.33. The molecule has 0 amide bonds. The molecule has 3 heterocycles. The molecule has 0 aliphatic carbocycles. The molecule has 30 heavy (non-hydrogen) atoms. The van der Waals surface area contributed by atoms with Crippen LogP contribution < -0.4 is 18.9 Å². The summed E-state index contributed by atoms with van der Waals surface area (Å²) in [5.74, 6) is 3.59. The Morgan fingerprint density at radius 2 is 1.90 bits per heavy atom. The van der Waals surface area contributed by atoms with Crippen molar-refractivity contribution in [2.24, 2.45) is 0 Å². The zero-order valence-corrected chi connectivity index (χ0v) is 17.5. The lowest BCUT2D eigenvalue weighted by Crippen LogP contribution is -2.49. The molecule has 2 aliphatic heterocycles. The van der Waals surface area contributed by atoms with Crippen molar-refractivity contribution < 1.29 is 23.4 Å². The van der Waals surface area contributed by atoms with Gasteiger partial charge in [-0.25, -0.2) is 0 Å². The Balaban J connectivity index is 1.70. The molecule has 3 aromatic rings. The Morgan fingerprint density at radius 3 is 2.63 bits per heavy atom. The van der Waals surface area contributed by atoms with E-state index >= 15 is 0 Å². The number of tetrazole rings is 1. The number of aromatic nitrogens is 4. The van der Waals surface area contributed by atoms with Gasteiger partial charge in [0.2, 0.25) is 18.4 Å². The number of nitrogens with zero attached hydrogens (tertiary/aromatic N) is 5. The number of benzene rings is 2. The van der Waals surface area contributed by atoms with Gasteiger partial charge in [-0.3, -0.25) is 0 Å². The summed E-state index contributed by atoms with van der Waals surface area (Å²) >= 11 is 0. The summed E-state index contributed by atoms with van der Waals surface area (Å²) in [7, 11) is 7.68. The van der Waals surface area contributed by atoms with Gasteiger partial charge < -0.3 is 23.4 Å². The van der Waals surface area contributed by atoms with Gasteiger partial charge in [0.25, 0.3) is 0 Å². The van der Waals surface area contributed by atoms with E-state index in [9.17, 15) is 0 Å². The molecule has 156 valence electrons. The summed E-state index contributed by atoms with van der Waals surface area (Å²) in [6.45, 7) is 1.12. The number of fused-ring (bicyclic) bond motifs is 2. The highest BCUT2D eigenvalue weighted by atomic mass is 16.7. The molecule has 0 fully saturated rings. The van der Waals surface area contributed by atoms with Crippen LogP contribution in [0.2, 0.25) is 0 Å². The monoisotopic (exact) mass is 410 g/mol. The predicted molar refractivity (Wildman–Crippen MR) is 107 cm³/mol. The summed E-state index contributed by atoms with van der Waals surface area (Å²) in [4.78, 5) is 0. The van der Waals surface area contributed by atoms with Gasteiger partial charge in [-0.05, 0) is 46.3 Å². The van der Waals surface area contributed by atoms with Crippen LogP contribution in [0.15, 0.2) is 30.3 Å². The maximum atomic E-state index is 5.84. The highest BCUT2D eigenvalue weighted by Crippen LogP contribution is 2.51. The van der Waals surface area contributed by atoms with Crippen molar-refractivity contribution in [3.8, 4) is 28.7 Å². The third-order valence-electron chi connectivity index (χ3n) is 5.93. The second kappa shape index (κ2) is 6.88. The van der Waals surface area contributed by atoms with Crippen molar-refractivity contribution in [3.63, 3.8) is 0 Å². The van der Waals surface area contributed by atoms with E-state index in [2.05, 4.69) is 35.7 Å². The van der Waals surface area contributed by atoms with Crippen LogP contribution in [-0.2, 0) is 6.42 Å². The molecule has 0 saturated carbocycles. The SMILES string of the molecule is COc1ccc(-n2nnnc2[C@@H]2c3c(cc4c(c3OC)OCO4)CC[N+]2(C)C)cc1. The average Bonchev–Trinajstić information content (AvgIpc) is 3.41. The van der Waals surface area contributed by atoms with Crippen molar-refractivity contribution in [1.82, 2.24) is 20.2 Å². The summed E-state index contributed by atoms with van der Waals surface area (Å²) in [5, 5.41) is 12.7. The molecular formula is C21H24N5O4+. The second-order valence-corrected chi connectivity index (χ2v) is 8.02. The minimum absolute atomic E-state index is 0.143. The van der Waals surface area contributed by atoms with Gasteiger partial charge in [0.1, 0.15) is 5.75 Å². The molecule has 1 atom stereocenters. The molecule has 0 radical (unpaired) electrons. The van der Waals surface area contributed by atoms with Crippen molar-refractivity contribution in [2.75, 3.05) is 41.7 Å². The third-order valence-corrected chi connectivity index (χ3v) is 5.93. The first-order valence-electron chi connectivity index (χ1n) is 9.78.